The van der Waals surface area contributed by atoms with Crippen molar-refractivity contribution in [2.24, 2.45) is 11.8 Å². The molecule has 1 N–H and O–H groups in total. The summed E-state index contributed by atoms with van der Waals surface area (Å²) in [7, 11) is 0. The van der Waals surface area contributed by atoms with Gasteiger partial charge in [0, 0.05) is 6.61 Å². The highest BCUT2D eigenvalue weighted by Gasteiger charge is 2.15. The average Bonchev–Trinajstić information content (AvgIpc) is 2.18. The highest BCUT2D eigenvalue weighted by atomic mass is 19.1. The Morgan fingerprint density at radius 1 is 1.27 bits per heavy atom. The van der Waals surface area contributed by atoms with Gasteiger partial charge in [-0.2, -0.15) is 0 Å². The maximum Gasteiger partial charge on any atom is 0.126 e. The van der Waals surface area contributed by atoms with Crippen LogP contribution in [0.3, 0.4) is 0 Å². The van der Waals surface area contributed by atoms with Crippen LogP contribution in [0.15, 0.2) is 18.2 Å². The van der Waals surface area contributed by atoms with Crippen molar-refractivity contribution >= 4 is 0 Å². The summed E-state index contributed by atoms with van der Waals surface area (Å²) >= 11 is 0. The first kappa shape index (κ1) is 12.1. The van der Waals surface area contributed by atoms with E-state index in [9.17, 15) is 8.78 Å². The van der Waals surface area contributed by atoms with Crippen molar-refractivity contribution in [3.05, 3.63) is 35.4 Å². The second-order valence-corrected chi connectivity index (χ2v) is 4.13. The second kappa shape index (κ2) is 5.21. The lowest BCUT2D eigenvalue weighted by molar-refractivity contribution is 0.188. The first-order valence-electron chi connectivity index (χ1n) is 5.09. The van der Waals surface area contributed by atoms with Crippen LogP contribution in [0.1, 0.15) is 19.4 Å². The van der Waals surface area contributed by atoms with Gasteiger partial charge in [0.25, 0.3) is 0 Å². The number of halogens is 2. The van der Waals surface area contributed by atoms with Gasteiger partial charge in [-0.15, -0.1) is 0 Å². The van der Waals surface area contributed by atoms with Crippen LogP contribution in [0.25, 0.3) is 0 Å². The van der Waals surface area contributed by atoms with Crippen molar-refractivity contribution in [1.29, 1.82) is 0 Å². The van der Waals surface area contributed by atoms with Gasteiger partial charge in [0.05, 0.1) is 0 Å². The minimum absolute atomic E-state index is 0.00633. The number of aliphatic hydroxyl groups is 1. The molecule has 0 saturated carbocycles. The zero-order valence-corrected chi connectivity index (χ0v) is 9.00. The maximum atomic E-state index is 13.3. The van der Waals surface area contributed by atoms with Gasteiger partial charge in [0.2, 0.25) is 0 Å². The molecule has 0 aliphatic heterocycles. The Balaban J connectivity index is 2.82. The third kappa shape index (κ3) is 3.27. The van der Waals surface area contributed by atoms with Gasteiger partial charge >= 0.3 is 0 Å². The molecule has 0 heterocycles. The van der Waals surface area contributed by atoms with Crippen molar-refractivity contribution in [2.75, 3.05) is 6.61 Å². The van der Waals surface area contributed by atoms with Crippen LogP contribution >= 0.6 is 0 Å². The van der Waals surface area contributed by atoms with E-state index in [-0.39, 0.29) is 18.4 Å². The minimum Gasteiger partial charge on any atom is -0.396 e. The first-order valence-corrected chi connectivity index (χ1v) is 5.09. The van der Waals surface area contributed by atoms with Crippen LogP contribution in [0.4, 0.5) is 8.78 Å². The fourth-order valence-electron chi connectivity index (χ4n) is 1.49. The van der Waals surface area contributed by atoms with E-state index in [2.05, 4.69) is 0 Å². The molecule has 0 amide bonds. The van der Waals surface area contributed by atoms with Gasteiger partial charge < -0.3 is 5.11 Å². The highest BCUT2D eigenvalue weighted by molar-refractivity contribution is 5.19. The lowest BCUT2D eigenvalue weighted by Crippen LogP contribution is -2.17. The summed E-state index contributed by atoms with van der Waals surface area (Å²) in [6.07, 6.45) is 0.373. The molecule has 15 heavy (non-hydrogen) atoms. The lowest BCUT2D eigenvalue weighted by atomic mass is 9.90. The van der Waals surface area contributed by atoms with Crippen molar-refractivity contribution in [3.63, 3.8) is 0 Å². The molecule has 1 rings (SSSR count). The molecule has 0 bridgehead atoms. The fraction of sp³-hybridized carbons (Fsp3) is 0.500. The third-order valence-corrected chi connectivity index (χ3v) is 2.67. The van der Waals surface area contributed by atoms with Crippen molar-refractivity contribution in [1.82, 2.24) is 0 Å². The Kier molecular flexibility index (Phi) is 4.21. The van der Waals surface area contributed by atoms with Crippen LogP contribution in [0.2, 0.25) is 0 Å². The van der Waals surface area contributed by atoms with Gasteiger partial charge in [0.15, 0.2) is 0 Å². The van der Waals surface area contributed by atoms with E-state index < -0.39 is 11.6 Å². The monoisotopic (exact) mass is 214 g/mol. The Hall–Kier alpha value is -0.960. The molecule has 1 nitrogen and oxygen atoms in total. The Bertz CT molecular complexity index is 323. The number of rotatable bonds is 4. The SMILES string of the molecule is CC(C)C(CO)Cc1cc(F)ccc1F. The van der Waals surface area contributed by atoms with Crippen molar-refractivity contribution < 1.29 is 13.9 Å². The summed E-state index contributed by atoms with van der Waals surface area (Å²) in [5.41, 5.74) is 0.336. The van der Waals surface area contributed by atoms with Gasteiger partial charge in [-0.05, 0) is 42.0 Å². The van der Waals surface area contributed by atoms with Gasteiger partial charge in [-0.1, -0.05) is 13.8 Å². The zero-order valence-electron chi connectivity index (χ0n) is 9.00. The van der Waals surface area contributed by atoms with Crippen LogP contribution < -0.4 is 0 Å². The highest BCUT2D eigenvalue weighted by Crippen LogP contribution is 2.19. The number of hydrogen-bond donors (Lipinski definition) is 1. The topological polar surface area (TPSA) is 20.2 Å². The van der Waals surface area contributed by atoms with Crippen LogP contribution in [0, 0.1) is 23.5 Å². The van der Waals surface area contributed by atoms with Gasteiger partial charge in [0.1, 0.15) is 11.6 Å². The summed E-state index contributed by atoms with van der Waals surface area (Å²) in [4.78, 5) is 0. The smallest absolute Gasteiger partial charge is 0.126 e. The Labute approximate surface area is 88.7 Å². The van der Waals surface area contributed by atoms with Gasteiger partial charge in [-0.25, -0.2) is 8.78 Å². The second-order valence-electron chi connectivity index (χ2n) is 4.13. The van der Waals surface area contributed by atoms with Crippen molar-refractivity contribution in [3.8, 4) is 0 Å². The quantitative estimate of drug-likeness (QED) is 0.817. The van der Waals surface area contributed by atoms with E-state index in [1.807, 2.05) is 13.8 Å². The molecule has 1 aromatic rings. The number of hydrogen-bond acceptors (Lipinski definition) is 1. The number of aliphatic hydroxyl groups excluding tert-OH is 1. The summed E-state index contributed by atoms with van der Waals surface area (Å²) in [6, 6.07) is 3.42. The van der Waals surface area contributed by atoms with E-state index in [0.717, 1.165) is 12.1 Å². The summed E-state index contributed by atoms with van der Waals surface area (Å²) in [5.74, 6) is -0.624. The molecular weight excluding hydrogens is 198 g/mol. The van der Waals surface area contributed by atoms with E-state index in [4.69, 9.17) is 5.11 Å². The summed E-state index contributed by atoms with van der Waals surface area (Å²) in [6.45, 7) is 3.91. The summed E-state index contributed by atoms with van der Waals surface area (Å²) < 4.78 is 26.2. The average molecular weight is 214 g/mol. The largest absolute Gasteiger partial charge is 0.396 e. The van der Waals surface area contributed by atoms with E-state index in [0.29, 0.717) is 12.0 Å². The molecular formula is C12H16F2O. The maximum absolute atomic E-state index is 13.3. The van der Waals surface area contributed by atoms with Crippen LogP contribution in [-0.4, -0.2) is 11.7 Å². The Morgan fingerprint density at radius 3 is 2.47 bits per heavy atom. The molecule has 0 aliphatic rings. The van der Waals surface area contributed by atoms with E-state index >= 15 is 0 Å². The molecule has 1 aromatic carbocycles. The van der Waals surface area contributed by atoms with Crippen LogP contribution in [0.5, 0.6) is 0 Å². The third-order valence-electron chi connectivity index (χ3n) is 2.67. The number of benzene rings is 1. The normalized spacial score (nSPS) is 13.2. The lowest BCUT2D eigenvalue weighted by Gasteiger charge is -2.18. The zero-order chi connectivity index (χ0) is 11.4. The molecule has 0 saturated heterocycles. The first-order chi connectivity index (χ1) is 7.04. The van der Waals surface area contributed by atoms with E-state index in [1.165, 1.54) is 6.07 Å². The molecule has 0 spiro atoms. The Morgan fingerprint density at radius 2 is 1.93 bits per heavy atom. The fourth-order valence-corrected chi connectivity index (χ4v) is 1.49. The molecule has 0 radical (unpaired) electrons. The molecule has 3 heteroatoms. The van der Waals surface area contributed by atoms with E-state index in [1.54, 1.807) is 0 Å². The van der Waals surface area contributed by atoms with Crippen LogP contribution in [-0.2, 0) is 6.42 Å². The molecule has 0 fully saturated rings. The molecule has 1 atom stereocenters. The predicted octanol–water partition coefficient (Wildman–Crippen LogP) is 2.77. The van der Waals surface area contributed by atoms with Gasteiger partial charge in [-0.3, -0.25) is 0 Å². The predicted molar refractivity (Wildman–Crippen MR) is 55.5 cm³/mol. The van der Waals surface area contributed by atoms with Crippen molar-refractivity contribution in [2.45, 2.75) is 20.3 Å². The molecule has 84 valence electrons. The minimum atomic E-state index is -0.438. The molecule has 0 aliphatic carbocycles. The summed E-state index contributed by atoms with van der Waals surface area (Å²) in [5, 5.41) is 9.10. The molecule has 1 unspecified atom stereocenters. The standard InChI is InChI=1S/C12H16F2O/c1-8(2)10(7-15)5-9-6-11(13)3-4-12(9)14/h3-4,6,8,10,15H,5,7H2,1-2H3. The molecule has 0 aromatic heterocycles.